The normalized spacial score (nSPS) is 11.5. The van der Waals surface area contributed by atoms with E-state index in [1.807, 2.05) is 6.07 Å². The second-order valence-corrected chi connectivity index (χ2v) is 3.75. The topological polar surface area (TPSA) is 108 Å². The number of hydrogen-bond donors (Lipinski definition) is 2. The van der Waals surface area contributed by atoms with Crippen molar-refractivity contribution in [3.05, 3.63) is 30.6 Å². The summed E-state index contributed by atoms with van der Waals surface area (Å²) in [7, 11) is 1.44. The maximum absolute atomic E-state index is 11.8. The Kier molecular flexibility index (Phi) is 6.04. The molecule has 1 unspecified atom stereocenters. The van der Waals surface area contributed by atoms with Gasteiger partial charge in [0.15, 0.2) is 0 Å². The number of tetrazole rings is 1. The minimum absolute atomic E-state index is 0. The molecule has 2 rings (SSSR count). The average Bonchev–Trinajstić information content (AvgIpc) is 2.94. The van der Waals surface area contributed by atoms with Gasteiger partial charge in [0, 0.05) is 19.3 Å². The first-order valence-electron chi connectivity index (χ1n) is 5.61. The third-order valence-electron chi connectivity index (χ3n) is 2.52. The highest BCUT2D eigenvalue weighted by Gasteiger charge is 2.15. The van der Waals surface area contributed by atoms with E-state index in [1.54, 1.807) is 18.2 Å². The van der Waals surface area contributed by atoms with Crippen LogP contribution in [-0.2, 0) is 9.53 Å². The van der Waals surface area contributed by atoms with Crippen LogP contribution in [0.3, 0.4) is 0 Å². The smallest absolute Gasteiger partial charge is 0.254 e. The number of amides is 1. The summed E-state index contributed by atoms with van der Waals surface area (Å²) in [5.41, 5.74) is 6.79. The Morgan fingerprint density at radius 1 is 1.55 bits per heavy atom. The van der Waals surface area contributed by atoms with E-state index in [4.69, 9.17) is 10.5 Å². The first-order chi connectivity index (χ1) is 9.24. The third kappa shape index (κ3) is 3.73. The predicted molar refractivity (Wildman–Crippen MR) is 74.9 cm³/mol. The lowest BCUT2D eigenvalue weighted by Gasteiger charge is -2.13. The number of hydrogen-bond acceptors (Lipinski definition) is 6. The molecule has 1 heterocycles. The van der Waals surface area contributed by atoms with Crippen LogP contribution in [-0.4, -0.2) is 45.9 Å². The summed E-state index contributed by atoms with van der Waals surface area (Å²) in [6.45, 7) is 0.120. The van der Waals surface area contributed by atoms with Gasteiger partial charge in [0.25, 0.3) is 5.91 Å². The van der Waals surface area contributed by atoms with E-state index in [1.165, 1.54) is 18.1 Å². The number of nitrogens with zero attached hydrogens (tertiary/aromatic N) is 4. The Labute approximate surface area is 121 Å². The van der Waals surface area contributed by atoms with Crippen LogP contribution in [0, 0.1) is 0 Å². The number of benzene rings is 1. The molecule has 0 aliphatic carbocycles. The Bertz CT molecular complexity index is 544. The molecule has 0 aliphatic heterocycles. The van der Waals surface area contributed by atoms with Gasteiger partial charge in [-0.2, -0.15) is 0 Å². The van der Waals surface area contributed by atoms with Gasteiger partial charge in [0.1, 0.15) is 12.4 Å². The number of methoxy groups -OCH3 is 1. The molecule has 20 heavy (non-hydrogen) atoms. The molecule has 108 valence electrons. The number of rotatable bonds is 5. The van der Waals surface area contributed by atoms with E-state index in [9.17, 15) is 4.79 Å². The van der Waals surface area contributed by atoms with Crippen molar-refractivity contribution in [1.29, 1.82) is 0 Å². The maximum Gasteiger partial charge on any atom is 0.254 e. The van der Waals surface area contributed by atoms with Crippen molar-refractivity contribution in [2.45, 2.75) is 6.10 Å². The zero-order valence-electron chi connectivity index (χ0n) is 10.8. The van der Waals surface area contributed by atoms with Gasteiger partial charge >= 0.3 is 0 Å². The molecular weight excluding hydrogens is 284 g/mol. The number of nitrogens with one attached hydrogen (secondary N) is 1. The fourth-order valence-corrected chi connectivity index (χ4v) is 1.54. The van der Waals surface area contributed by atoms with Crippen molar-refractivity contribution in [1.82, 2.24) is 20.2 Å². The number of carbonyl (C=O) groups excluding carboxylic acids is 1. The van der Waals surface area contributed by atoms with Gasteiger partial charge in [0.05, 0.1) is 5.69 Å². The Balaban J connectivity index is 0.00000200. The zero-order valence-corrected chi connectivity index (χ0v) is 11.6. The second kappa shape index (κ2) is 7.53. The minimum atomic E-state index is -0.670. The lowest BCUT2D eigenvalue weighted by atomic mass is 10.2. The largest absolute Gasteiger partial charge is 0.370 e. The summed E-state index contributed by atoms with van der Waals surface area (Å²) < 4.78 is 6.45. The number of ether oxygens (including phenoxy) is 1. The van der Waals surface area contributed by atoms with Crippen LogP contribution in [0.2, 0.25) is 0 Å². The highest BCUT2D eigenvalue weighted by atomic mass is 35.5. The molecule has 1 atom stereocenters. The van der Waals surface area contributed by atoms with E-state index < -0.39 is 6.10 Å². The fraction of sp³-hybridized carbons (Fsp3) is 0.273. The van der Waals surface area contributed by atoms with Crippen molar-refractivity contribution < 1.29 is 9.53 Å². The number of anilines is 1. The standard InChI is InChI=1S/C11H14N6O2.ClH/c1-19-10(6-12)11(18)14-8-3-2-4-9(5-8)17-7-13-15-16-17;/h2-5,7,10H,6,12H2,1H3,(H,14,18);1H. The van der Waals surface area contributed by atoms with Crippen LogP contribution >= 0.6 is 12.4 Å². The molecule has 3 N–H and O–H groups in total. The van der Waals surface area contributed by atoms with Gasteiger partial charge < -0.3 is 15.8 Å². The molecule has 9 heteroatoms. The molecule has 1 amide bonds. The van der Waals surface area contributed by atoms with Gasteiger partial charge in [-0.25, -0.2) is 4.68 Å². The van der Waals surface area contributed by atoms with Crippen LogP contribution in [0.25, 0.3) is 5.69 Å². The van der Waals surface area contributed by atoms with Crippen molar-refractivity contribution in [3.63, 3.8) is 0 Å². The first-order valence-corrected chi connectivity index (χ1v) is 5.61. The van der Waals surface area contributed by atoms with Gasteiger partial charge in [-0.05, 0) is 28.6 Å². The van der Waals surface area contributed by atoms with Gasteiger partial charge in [0.2, 0.25) is 0 Å². The van der Waals surface area contributed by atoms with E-state index in [2.05, 4.69) is 20.8 Å². The predicted octanol–water partition coefficient (Wildman–Crippen LogP) is -0.00370. The molecule has 1 aromatic carbocycles. The molecule has 0 bridgehead atoms. The summed E-state index contributed by atoms with van der Waals surface area (Å²) in [6, 6.07) is 7.12. The number of halogens is 1. The van der Waals surface area contributed by atoms with Crippen LogP contribution in [0.1, 0.15) is 0 Å². The summed E-state index contributed by atoms with van der Waals surface area (Å²) in [5.74, 6) is -0.293. The molecule has 2 aromatic rings. The fourth-order valence-electron chi connectivity index (χ4n) is 1.54. The van der Waals surface area contributed by atoms with Crippen molar-refractivity contribution in [2.75, 3.05) is 19.0 Å². The molecule has 0 aliphatic rings. The minimum Gasteiger partial charge on any atom is -0.370 e. The highest BCUT2D eigenvalue weighted by molar-refractivity contribution is 5.94. The Morgan fingerprint density at radius 3 is 2.95 bits per heavy atom. The number of nitrogens with two attached hydrogens (primary N) is 1. The van der Waals surface area contributed by atoms with Gasteiger partial charge in [-0.1, -0.05) is 6.07 Å². The molecule has 1 aromatic heterocycles. The van der Waals surface area contributed by atoms with Crippen molar-refractivity contribution >= 4 is 24.0 Å². The second-order valence-electron chi connectivity index (χ2n) is 3.75. The maximum atomic E-state index is 11.8. The quantitative estimate of drug-likeness (QED) is 0.804. The summed E-state index contributed by atoms with van der Waals surface area (Å²) in [5, 5.41) is 13.6. The van der Waals surface area contributed by atoms with Gasteiger partial charge in [-0.3, -0.25) is 4.79 Å². The van der Waals surface area contributed by atoms with Gasteiger partial charge in [-0.15, -0.1) is 17.5 Å². The van der Waals surface area contributed by atoms with E-state index in [0.29, 0.717) is 5.69 Å². The lowest BCUT2D eigenvalue weighted by Crippen LogP contribution is -2.35. The molecule has 0 saturated heterocycles. The molecule has 0 radical (unpaired) electrons. The van der Waals surface area contributed by atoms with Crippen LogP contribution in [0.4, 0.5) is 5.69 Å². The lowest BCUT2D eigenvalue weighted by molar-refractivity contribution is -0.125. The third-order valence-corrected chi connectivity index (χ3v) is 2.52. The summed E-state index contributed by atoms with van der Waals surface area (Å²) in [6.07, 6.45) is 0.801. The monoisotopic (exact) mass is 298 g/mol. The van der Waals surface area contributed by atoms with E-state index in [0.717, 1.165) is 5.69 Å². The van der Waals surface area contributed by atoms with Crippen LogP contribution < -0.4 is 11.1 Å². The number of carbonyl (C=O) groups is 1. The molecule has 0 spiro atoms. The SMILES string of the molecule is COC(CN)C(=O)Nc1cccc(-n2cnnn2)c1.Cl. The van der Waals surface area contributed by atoms with Crippen LogP contribution in [0.5, 0.6) is 0 Å². The Hall–Kier alpha value is -2.03. The molecule has 8 nitrogen and oxygen atoms in total. The van der Waals surface area contributed by atoms with Crippen molar-refractivity contribution in [3.8, 4) is 5.69 Å². The molecule has 0 saturated carbocycles. The van der Waals surface area contributed by atoms with Crippen molar-refractivity contribution in [2.24, 2.45) is 5.73 Å². The molecule has 0 fully saturated rings. The average molecular weight is 299 g/mol. The summed E-state index contributed by atoms with van der Waals surface area (Å²) in [4.78, 5) is 11.8. The van der Waals surface area contributed by atoms with Crippen LogP contribution in [0.15, 0.2) is 30.6 Å². The molecular formula is C11H15ClN6O2. The summed E-state index contributed by atoms with van der Waals surface area (Å²) >= 11 is 0. The Morgan fingerprint density at radius 2 is 2.35 bits per heavy atom. The zero-order chi connectivity index (χ0) is 13.7. The highest BCUT2D eigenvalue weighted by Crippen LogP contribution is 2.13. The number of aromatic nitrogens is 4. The van der Waals surface area contributed by atoms with E-state index >= 15 is 0 Å². The van der Waals surface area contributed by atoms with E-state index in [-0.39, 0.29) is 24.9 Å². The first kappa shape index (κ1) is 16.0.